The Bertz CT molecular complexity index is 639. The van der Waals surface area contributed by atoms with Crippen LogP contribution in [0.25, 0.3) is 11.0 Å². The van der Waals surface area contributed by atoms with Crippen LogP contribution >= 0.6 is 0 Å². The quantitative estimate of drug-likeness (QED) is 0.759. The van der Waals surface area contributed by atoms with E-state index < -0.39 is 0 Å². The van der Waals surface area contributed by atoms with Gasteiger partial charge < -0.3 is 10.3 Å². The highest BCUT2D eigenvalue weighted by molar-refractivity contribution is 5.78. The van der Waals surface area contributed by atoms with Gasteiger partial charge in [-0.25, -0.2) is 4.98 Å². The van der Waals surface area contributed by atoms with Crippen LogP contribution in [0.3, 0.4) is 0 Å². The summed E-state index contributed by atoms with van der Waals surface area (Å²) in [5.74, 6) is 0.580. The predicted molar refractivity (Wildman–Crippen MR) is 71.0 cm³/mol. The molecule has 0 unspecified atom stereocenters. The van der Waals surface area contributed by atoms with Crippen molar-refractivity contribution in [2.45, 2.75) is 19.5 Å². The van der Waals surface area contributed by atoms with Crippen LogP contribution in [0.2, 0.25) is 0 Å². The number of aromatic nitrogens is 4. The fraction of sp³-hybridized carbons (Fsp3) is 0.231. The van der Waals surface area contributed by atoms with Gasteiger partial charge in [0, 0.05) is 25.5 Å². The van der Waals surface area contributed by atoms with Crippen molar-refractivity contribution in [2.24, 2.45) is 0 Å². The normalized spacial score (nSPS) is 11.1. The van der Waals surface area contributed by atoms with Gasteiger partial charge in [-0.1, -0.05) is 12.1 Å². The number of nitrogen functional groups attached to an aromatic ring is 1. The van der Waals surface area contributed by atoms with Gasteiger partial charge in [-0.3, -0.25) is 4.68 Å². The molecule has 18 heavy (non-hydrogen) atoms. The molecule has 1 aromatic carbocycles. The van der Waals surface area contributed by atoms with E-state index in [9.17, 15) is 0 Å². The lowest BCUT2D eigenvalue weighted by Gasteiger charge is -2.06. The molecule has 3 aromatic rings. The second-order valence-electron chi connectivity index (χ2n) is 4.23. The maximum absolute atomic E-state index is 5.94. The predicted octanol–water partition coefficient (Wildman–Crippen LogP) is 1.91. The molecule has 0 saturated carbocycles. The largest absolute Gasteiger partial charge is 0.369 e. The van der Waals surface area contributed by atoms with Gasteiger partial charge in [-0.15, -0.1) is 0 Å². The van der Waals surface area contributed by atoms with Crippen LogP contribution in [-0.4, -0.2) is 19.3 Å². The van der Waals surface area contributed by atoms with E-state index in [-0.39, 0.29) is 0 Å². The molecule has 0 amide bonds. The first-order valence-electron chi connectivity index (χ1n) is 6.03. The topological polar surface area (TPSA) is 61.7 Å². The van der Waals surface area contributed by atoms with Gasteiger partial charge in [0.2, 0.25) is 5.95 Å². The SMILES string of the molecule is Nc1nc2ccccc2n1CCCn1cccn1. The molecule has 0 bridgehead atoms. The number of rotatable bonds is 4. The third-order valence-electron chi connectivity index (χ3n) is 3.01. The number of nitrogens with zero attached hydrogens (tertiary/aromatic N) is 4. The number of aryl methyl sites for hydroxylation is 2. The number of hydrogen-bond donors (Lipinski definition) is 1. The summed E-state index contributed by atoms with van der Waals surface area (Å²) >= 11 is 0. The number of hydrogen-bond acceptors (Lipinski definition) is 3. The van der Waals surface area contributed by atoms with E-state index in [0.29, 0.717) is 5.95 Å². The van der Waals surface area contributed by atoms with Crippen molar-refractivity contribution in [1.29, 1.82) is 0 Å². The Hall–Kier alpha value is -2.30. The monoisotopic (exact) mass is 241 g/mol. The lowest BCUT2D eigenvalue weighted by Crippen LogP contribution is -2.07. The van der Waals surface area contributed by atoms with Crippen LogP contribution < -0.4 is 5.73 Å². The number of nitrogens with two attached hydrogens (primary N) is 1. The van der Waals surface area contributed by atoms with Gasteiger partial charge in [-0.05, 0) is 24.6 Å². The average Bonchev–Trinajstić information content (AvgIpc) is 2.98. The Morgan fingerprint density at radius 3 is 2.83 bits per heavy atom. The summed E-state index contributed by atoms with van der Waals surface area (Å²) in [6.07, 6.45) is 4.74. The fourth-order valence-electron chi connectivity index (χ4n) is 2.15. The van der Waals surface area contributed by atoms with E-state index in [0.717, 1.165) is 30.5 Å². The third kappa shape index (κ3) is 1.95. The molecular weight excluding hydrogens is 226 g/mol. The van der Waals surface area contributed by atoms with E-state index in [4.69, 9.17) is 5.73 Å². The summed E-state index contributed by atoms with van der Waals surface area (Å²) in [6, 6.07) is 9.94. The highest BCUT2D eigenvalue weighted by Crippen LogP contribution is 2.17. The molecule has 2 aromatic heterocycles. The Morgan fingerprint density at radius 2 is 2.00 bits per heavy atom. The lowest BCUT2D eigenvalue weighted by atomic mass is 10.3. The van der Waals surface area contributed by atoms with Crippen molar-refractivity contribution < 1.29 is 0 Å². The van der Waals surface area contributed by atoms with Gasteiger partial charge in [-0.2, -0.15) is 5.10 Å². The number of anilines is 1. The van der Waals surface area contributed by atoms with Gasteiger partial charge in [0.15, 0.2) is 0 Å². The van der Waals surface area contributed by atoms with Gasteiger partial charge in [0.05, 0.1) is 11.0 Å². The first-order chi connectivity index (χ1) is 8.84. The summed E-state index contributed by atoms with van der Waals surface area (Å²) in [7, 11) is 0. The van der Waals surface area contributed by atoms with E-state index in [1.807, 2.05) is 41.2 Å². The van der Waals surface area contributed by atoms with Crippen LogP contribution in [0.15, 0.2) is 42.7 Å². The molecule has 92 valence electrons. The number of imidazole rings is 1. The van der Waals surface area contributed by atoms with Gasteiger partial charge >= 0.3 is 0 Å². The number of fused-ring (bicyclic) bond motifs is 1. The molecule has 0 aliphatic rings. The molecule has 0 aliphatic carbocycles. The highest BCUT2D eigenvalue weighted by Gasteiger charge is 2.06. The average molecular weight is 241 g/mol. The van der Waals surface area contributed by atoms with Crippen molar-refractivity contribution in [2.75, 3.05) is 5.73 Å². The van der Waals surface area contributed by atoms with E-state index in [1.165, 1.54) is 0 Å². The lowest BCUT2D eigenvalue weighted by molar-refractivity contribution is 0.535. The van der Waals surface area contributed by atoms with Crippen molar-refractivity contribution in [1.82, 2.24) is 19.3 Å². The Morgan fingerprint density at radius 1 is 1.11 bits per heavy atom. The summed E-state index contributed by atoms with van der Waals surface area (Å²) in [4.78, 5) is 4.35. The molecule has 0 fully saturated rings. The molecule has 5 nitrogen and oxygen atoms in total. The maximum Gasteiger partial charge on any atom is 0.201 e. The van der Waals surface area contributed by atoms with Gasteiger partial charge in [0.25, 0.3) is 0 Å². The Labute approximate surface area is 105 Å². The van der Waals surface area contributed by atoms with Crippen LogP contribution in [-0.2, 0) is 13.1 Å². The standard InChI is InChI=1S/C13H15N5/c14-13-16-11-5-1-2-6-12(11)18(13)10-4-9-17-8-3-7-15-17/h1-3,5-8H,4,9-10H2,(H2,14,16). The number of benzene rings is 1. The maximum atomic E-state index is 5.94. The summed E-state index contributed by atoms with van der Waals surface area (Å²) in [6.45, 7) is 1.74. The summed E-state index contributed by atoms with van der Waals surface area (Å²) in [5.41, 5.74) is 7.99. The van der Waals surface area contributed by atoms with Crippen molar-refractivity contribution in [3.8, 4) is 0 Å². The first-order valence-corrected chi connectivity index (χ1v) is 6.03. The van der Waals surface area contributed by atoms with Crippen LogP contribution in [0, 0.1) is 0 Å². The molecule has 0 saturated heterocycles. The van der Waals surface area contributed by atoms with Crippen molar-refractivity contribution in [3.05, 3.63) is 42.7 Å². The van der Waals surface area contributed by atoms with E-state index >= 15 is 0 Å². The third-order valence-corrected chi connectivity index (χ3v) is 3.01. The molecule has 2 N–H and O–H groups in total. The summed E-state index contributed by atoms with van der Waals surface area (Å²) < 4.78 is 3.98. The molecule has 3 rings (SSSR count). The molecule has 0 aliphatic heterocycles. The minimum absolute atomic E-state index is 0.580. The molecular formula is C13H15N5. The zero-order valence-electron chi connectivity index (χ0n) is 10.0. The molecule has 2 heterocycles. The van der Waals surface area contributed by atoms with Crippen LogP contribution in [0.5, 0.6) is 0 Å². The highest BCUT2D eigenvalue weighted by atomic mass is 15.3. The zero-order valence-corrected chi connectivity index (χ0v) is 10.0. The first kappa shape index (κ1) is 10.8. The molecule has 0 spiro atoms. The van der Waals surface area contributed by atoms with E-state index in [1.54, 1.807) is 6.20 Å². The molecule has 5 heteroatoms. The second kappa shape index (κ2) is 4.52. The Kier molecular flexibility index (Phi) is 2.72. The fourth-order valence-corrected chi connectivity index (χ4v) is 2.15. The second-order valence-corrected chi connectivity index (χ2v) is 4.23. The number of para-hydroxylation sites is 2. The zero-order chi connectivity index (χ0) is 12.4. The van der Waals surface area contributed by atoms with Gasteiger partial charge in [0.1, 0.15) is 0 Å². The minimum atomic E-state index is 0.580. The molecule has 0 atom stereocenters. The molecule has 0 radical (unpaired) electrons. The Balaban J connectivity index is 1.76. The van der Waals surface area contributed by atoms with Crippen LogP contribution in [0.4, 0.5) is 5.95 Å². The van der Waals surface area contributed by atoms with Crippen molar-refractivity contribution in [3.63, 3.8) is 0 Å². The van der Waals surface area contributed by atoms with Crippen LogP contribution in [0.1, 0.15) is 6.42 Å². The van der Waals surface area contributed by atoms with E-state index in [2.05, 4.69) is 14.6 Å². The smallest absolute Gasteiger partial charge is 0.201 e. The minimum Gasteiger partial charge on any atom is -0.369 e. The summed E-state index contributed by atoms with van der Waals surface area (Å²) in [5, 5.41) is 4.18. The van der Waals surface area contributed by atoms with Crippen molar-refractivity contribution >= 4 is 17.0 Å².